The molecule has 20 heavy (non-hydrogen) atoms. The van der Waals surface area contributed by atoms with E-state index in [9.17, 15) is 4.79 Å². The molecule has 0 aliphatic heterocycles. The maximum atomic E-state index is 12.1. The Morgan fingerprint density at radius 3 is 2.55 bits per heavy atom. The molecule has 0 aliphatic rings. The zero-order chi connectivity index (χ0) is 14.7. The molecule has 1 aromatic carbocycles. The number of aromatic nitrogens is 2. The molecule has 0 aliphatic carbocycles. The molecule has 0 unspecified atom stereocenters. The number of hydrogen-bond acceptors (Lipinski definition) is 3. The van der Waals surface area contributed by atoms with Crippen LogP contribution in [0.15, 0.2) is 29.1 Å². The van der Waals surface area contributed by atoms with Crippen LogP contribution in [0.3, 0.4) is 0 Å². The van der Waals surface area contributed by atoms with Crippen molar-refractivity contribution >= 4 is 12.6 Å². The van der Waals surface area contributed by atoms with Gasteiger partial charge in [0, 0.05) is 23.4 Å². The lowest BCUT2D eigenvalue weighted by molar-refractivity contribution is 0.567. The van der Waals surface area contributed by atoms with E-state index < -0.39 is 0 Å². The fourth-order valence-electron chi connectivity index (χ4n) is 2.12. The molecule has 2 aromatic rings. The van der Waals surface area contributed by atoms with Crippen molar-refractivity contribution < 1.29 is 0 Å². The number of benzene rings is 1. The van der Waals surface area contributed by atoms with Gasteiger partial charge in [-0.3, -0.25) is 4.79 Å². The Balaban J connectivity index is 2.58. The summed E-state index contributed by atoms with van der Waals surface area (Å²) in [4.78, 5) is 12.1. The Morgan fingerprint density at radius 2 is 1.95 bits per heavy atom. The van der Waals surface area contributed by atoms with Gasteiger partial charge in [0.25, 0.3) is 5.56 Å². The van der Waals surface area contributed by atoms with Crippen molar-refractivity contribution in [2.45, 2.75) is 39.5 Å². The van der Waals surface area contributed by atoms with Crippen molar-refractivity contribution in [3.05, 3.63) is 51.3 Å². The number of nitrogens with zero attached hydrogens (tertiary/aromatic N) is 2. The lowest BCUT2D eigenvalue weighted by Gasteiger charge is -2.10. The first-order valence-corrected chi connectivity index (χ1v) is 7.49. The first-order valence-electron chi connectivity index (χ1n) is 6.86. The van der Waals surface area contributed by atoms with Gasteiger partial charge in [-0.05, 0) is 43.5 Å². The fraction of sp³-hybridized carbons (Fsp3) is 0.375. The van der Waals surface area contributed by atoms with Gasteiger partial charge in [0.15, 0.2) is 0 Å². The van der Waals surface area contributed by atoms with E-state index >= 15 is 0 Å². The van der Waals surface area contributed by atoms with E-state index in [1.807, 2.05) is 19.1 Å². The average Bonchev–Trinajstić information content (AvgIpc) is 2.44. The van der Waals surface area contributed by atoms with E-state index in [-0.39, 0.29) is 5.56 Å². The van der Waals surface area contributed by atoms with E-state index in [0.29, 0.717) is 17.9 Å². The largest absolute Gasteiger partial charge is 0.270 e. The predicted octanol–water partition coefficient (Wildman–Crippen LogP) is 3.37. The molecule has 0 spiro atoms. The second-order valence-corrected chi connectivity index (χ2v) is 5.36. The Morgan fingerprint density at radius 1 is 1.20 bits per heavy atom. The zero-order valence-electron chi connectivity index (χ0n) is 12.2. The third-order valence-corrected chi connectivity index (χ3v) is 3.80. The molecule has 1 aromatic heterocycles. The topological polar surface area (TPSA) is 34.9 Å². The van der Waals surface area contributed by atoms with Crippen LogP contribution in [0.2, 0.25) is 0 Å². The normalized spacial score (nSPS) is 10.8. The highest BCUT2D eigenvalue weighted by Crippen LogP contribution is 2.20. The Labute approximate surface area is 125 Å². The molecule has 0 bridgehead atoms. The molecular weight excluding hydrogens is 268 g/mol. The Hall–Kier alpha value is -1.55. The van der Waals surface area contributed by atoms with Gasteiger partial charge in [0.05, 0.1) is 5.69 Å². The van der Waals surface area contributed by atoms with E-state index in [1.54, 1.807) is 4.68 Å². The quantitative estimate of drug-likeness (QED) is 0.875. The van der Waals surface area contributed by atoms with E-state index in [0.717, 1.165) is 17.7 Å². The van der Waals surface area contributed by atoms with Gasteiger partial charge in [-0.2, -0.15) is 17.7 Å². The third-order valence-electron chi connectivity index (χ3n) is 3.46. The van der Waals surface area contributed by atoms with Crippen LogP contribution in [0.4, 0.5) is 0 Å². The van der Waals surface area contributed by atoms with Gasteiger partial charge in [-0.25, -0.2) is 4.68 Å². The number of hydrogen-bond donors (Lipinski definition) is 1. The molecule has 0 fully saturated rings. The fourth-order valence-corrected chi connectivity index (χ4v) is 2.34. The van der Waals surface area contributed by atoms with Crippen LogP contribution >= 0.6 is 12.6 Å². The minimum Gasteiger partial charge on any atom is -0.267 e. The number of rotatable bonds is 4. The smallest absolute Gasteiger partial charge is 0.267 e. The van der Waals surface area contributed by atoms with Crippen LogP contribution < -0.4 is 5.56 Å². The molecule has 0 radical (unpaired) electrons. The summed E-state index contributed by atoms with van der Waals surface area (Å²) in [5, 5.41) is 4.48. The van der Waals surface area contributed by atoms with Crippen LogP contribution in [-0.4, -0.2) is 9.78 Å². The Kier molecular flexibility index (Phi) is 4.65. The summed E-state index contributed by atoms with van der Waals surface area (Å²) in [6.07, 6.45) is 0.884. The highest BCUT2D eigenvalue weighted by atomic mass is 32.1. The van der Waals surface area contributed by atoms with Crippen molar-refractivity contribution in [2.75, 3.05) is 0 Å². The second-order valence-electron chi connectivity index (χ2n) is 5.04. The summed E-state index contributed by atoms with van der Waals surface area (Å²) >= 11 is 4.25. The molecule has 2 rings (SSSR count). The molecule has 0 amide bonds. The zero-order valence-corrected chi connectivity index (χ0v) is 13.1. The lowest BCUT2D eigenvalue weighted by atomic mass is 10.0. The molecule has 0 saturated carbocycles. The van der Waals surface area contributed by atoms with Gasteiger partial charge >= 0.3 is 0 Å². The first-order chi connectivity index (χ1) is 9.56. The Bertz CT molecular complexity index is 677. The minimum absolute atomic E-state index is 0.0329. The average molecular weight is 288 g/mol. The molecule has 0 atom stereocenters. The maximum absolute atomic E-state index is 12.1. The minimum atomic E-state index is -0.0329. The van der Waals surface area contributed by atoms with Crippen molar-refractivity contribution in [2.24, 2.45) is 0 Å². The lowest BCUT2D eigenvalue weighted by Crippen LogP contribution is -2.26. The van der Waals surface area contributed by atoms with Gasteiger partial charge in [-0.1, -0.05) is 19.1 Å². The standard InChI is InChI=1S/C16H20N2OS/c1-4-7-18-16(19)14(10-20)9-15(17-18)13-6-5-11(2)12(3)8-13/h5-6,8-9,20H,4,7,10H2,1-3H3. The van der Waals surface area contributed by atoms with Gasteiger partial charge in [0.1, 0.15) is 0 Å². The van der Waals surface area contributed by atoms with Crippen molar-refractivity contribution in [1.29, 1.82) is 0 Å². The summed E-state index contributed by atoms with van der Waals surface area (Å²) < 4.78 is 1.55. The summed E-state index contributed by atoms with van der Waals surface area (Å²) in [6, 6.07) is 8.10. The summed E-state index contributed by atoms with van der Waals surface area (Å²) in [6.45, 7) is 6.85. The first kappa shape index (κ1) is 14.9. The molecule has 0 N–H and O–H groups in total. The van der Waals surface area contributed by atoms with Crippen molar-refractivity contribution in [3.63, 3.8) is 0 Å². The molecule has 4 heteroatoms. The van der Waals surface area contributed by atoms with Gasteiger partial charge < -0.3 is 0 Å². The SMILES string of the molecule is CCCn1nc(-c2ccc(C)c(C)c2)cc(CS)c1=O. The van der Waals surface area contributed by atoms with Crippen LogP contribution in [0.1, 0.15) is 30.0 Å². The molecule has 3 nitrogen and oxygen atoms in total. The van der Waals surface area contributed by atoms with Crippen LogP contribution in [0.25, 0.3) is 11.3 Å². The monoisotopic (exact) mass is 288 g/mol. The molecule has 1 heterocycles. The van der Waals surface area contributed by atoms with Crippen LogP contribution in [0, 0.1) is 13.8 Å². The van der Waals surface area contributed by atoms with Crippen molar-refractivity contribution in [3.8, 4) is 11.3 Å². The van der Waals surface area contributed by atoms with E-state index in [1.165, 1.54) is 11.1 Å². The predicted molar refractivity (Wildman–Crippen MR) is 86.4 cm³/mol. The maximum Gasteiger partial charge on any atom is 0.270 e. The third kappa shape index (κ3) is 2.96. The van der Waals surface area contributed by atoms with E-state index in [4.69, 9.17) is 0 Å². The molecule has 0 saturated heterocycles. The van der Waals surface area contributed by atoms with Gasteiger partial charge in [0.2, 0.25) is 0 Å². The van der Waals surface area contributed by atoms with Gasteiger partial charge in [-0.15, -0.1) is 0 Å². The summed E-state index contributed by atoms with van der Waals surface area (Å²) in [5.74, 6) is 0.433. The summed E-state index contributed by atoms with van der Waals surface area (Å²) in [5.41, 5.74) is 5.03. The highest BCUT2D eigenvalue weighted by molar-refractivity contribution is 7.79. The van der Waals surface area contributed by atoms with Crippen LogP contribution in [-0.2, 0) is 12.3 Å². The number of aryl methyl sites for hydroxylation is 3. The molecular formula is C16H20N2OS. The van der Waals surface area contributed by atoms with E-state index in [2.05, 4.69) is 43.7 Å². The second kappa shape index (κ2) is 6.27. The number of thiol groups is 1. The van der Waals surface area contributed by atoms with Crippen molar-refractivity contribution in [1.82, 2.24) is 9.78 Å². The highest BCUT2D eigenvalue weighted by Gasteiger charge is 2.09. The summed E-state index contributed by atoms with van der Waals surface area (Å²) in [7, 11) is 0. The van der Waals surface area contributed by atoms with Crippen LogP contribution in [0.5, 0.6) is 0 Å². The molecule has 106 valence electrons.